The molecule has 1 unspecified atom stereocenters. The van der Waals surface area contributed by atoms with Crippen LogP contribution in [0, 0.1) is 11.6 Å². The lowest BCUT2D eigenvalue weighted by atomic mass is 9.84. The Kier molecular flexibility index (Phi) is 8.29. The average molecular weight is 549 g/mol. The molecular weight excluding hydrogens is 525 g/mol. The Morgan fingerprint density at radius 1 is 0.973 bits per heavy atom. The van der Waals surface area contributed by atoms with Crippen molar-refractivity contribution in [1.29, 1.82) is 0 Å². The number of aliphatic hydroxyl groups is 1. The number of amides is 2. The van der Waals surface area contributed by atoms with Crippen molar-refractivity contribution in [2.24, 2.45) is 0 Å². The first-order valence-electron chi connectivity index (χ1n) is 11.5. The smallest absolute Gasteiger partial charge is 0.255 e. The van der Waals surface area contributed by atoms with Crippen LogP contribution in [0.4, 0.5) is 20.2 Å². The molecule has 0 bridgehead atoms. The number of hydrogen-bond donors (Lipinski definition) is 5. The normalized spacial score (nSPS) is 16.3. The van der Waals surface area contributed by atoms with E-state index in [1.54, 1.807) is 42.5 Å². The molecule has 0 aliphatic carbocycles. The second kappa shape index (κ2) is 11.4. The Hall–Kier alpha value is -3.24. The van der Waals surface area contributed by atoms with Gasteiger partial charge in [-0.25, -0.2) is 8.78 Å². The number of rotatable bonds is 10. The quantitative estimate of drug-likeness (QED) is 0.246. The summed E-state index contributed by atoms with van der Waals surface area (Å²) in [5, 5.41) is 21.1. The van der Waals surface area contributed by atoms with Gasteiger partial charge in [0.15, 0.2) is 11.6 Å². The summed E-state index contributed by atoms with van der Waals surface area (Å²) >= 11 is 12.3. The van der Waals surface area contributed by atoms with Crippen molar-refractivity contribution in [3.63, 3.8) is 0 Å². The molecule has 37 heavy (non-hydrogen) atoms. The maximum atomic E-state index is 14.4. The minimum absolute atomic E-state index is 0.0609. The predicted molar refractivity (Wildman–Crippen MR) is 139 cm³/mol. The van der Waals surface area contributed by atoms with Crippen molar-refractivity contribution in [1.82, 2.24) is 10.6 Å². The van der Waals surface area contributed by atoms with Crippen molar-refractivity contribution in [3.05, 3.63) is 93.0 Å². The van der Waals surface area contributed by atoms with E-state index in [4.69, 9.17) is 28.3 Å². The Morgan fingerprint density at radius 2 is 1.73 bits per heavy atom. The van der Waals surface area contributed by atoms with Gasteiger partial charge in [0.25, 0.3) is 11.8 Å². The Morgan fingerprint density at radius 3 is 2.49 bits per heavy atom. The average Bonchev–Trinajstić information content (AvgIpc) is 3.10. The zero-order valence-electron chi connectivity index (χ0n) is 19.5. The van der Waals surface area contributed by atoms with Gasteiger partial charge in [0, 0.05) is 53.4 Å². The molecular formula is C26H24Cl2F2N4O3. The van der Waals surface area contributed by atoms with Gasteiger partial charge < -0.3 is 26.4 Å². The first kappa shape index (κ1) is 26.8. The van der Waals surface area contributed by atoms with Crippen LogP contribution in [0.1, 0.15) is 21.5 Å². The Balaban J connectivity index is 1.75. The molecule has 0 saturated heterocycles. The van der Waals surface area contributed by atoms with Gasteiger partial charge in [-0.2, -0.15) is 0 Å². The van der Waals surface area contributed by atoms with Gasteiger partial charge in [0.1, 0.15) is 5.54 Å². The molecule has 194 valence electrons. The highest BCUT2D eigenvalue weighted by Gasteiger charge is 2.47. The first-order chi connectivity index (χ1) is 17.7. The maximum Gasteiger partial charge on any atom is 0.255 e. The van der Waals surface area contributed by atoms with Crippen LogP contribution < -0.4 is 21.3 Å². The molecule has 5 N–H and O–H groups in total. The molecule has 0 radical (unpaired) electrons. The third kappa shape index (κ3) is 5.86. The highest BCUT2D eigenvalue weighted by Crippen LogP contribution is 2.43. The van der Waals surface area contributed by atoms with E-state index in [1.807, 2.05) is 0 Å². The van der Waals surface area contributed by atoms with Gasteiger partial charge in [0.05, 0.1) is 17.9 Å². The third-order valence-electron chi connectivity index (χ3n) is 5.96. The fraction of sp³-hybridized carbons (Fsp3) is 0.231. The van der Waals surface area contributed by atoms with Gasteiger partial charge in [-0.15, -0.1) is 0 Å². The summed E-state index contributed by atoms with van der Waals surface area (Å²) in [6, 6.07) is 13.4. The number of carbonyl (C=O) groups is 2. The summed E-state index contributed by atoms with van der Waals surface area (Å²) in [5.41, 5.74) is -0.0725. The van der Waals surface area contributed by atoms with Gasteiger partial charge in [-0.05, 0) is 35.9 Å². The van der Waals surface area contributed by atoms with E-state index >= 15 is 0 Å². The van der Waals surface area contributed by atoms with Gasteiger partial charge in [-0.1, -0.05) is 41.4 Å². The molecule has 3 aromatic rings. The summed E-state index contributed by atoms with van der Waals surface area (Å²) in [6.07, 6.45) is 0.0825. The van der Waals surface area contributed by atoms with Crippen molar-refractivity contribution in [3.8, 4) is 0 Å². The molecule has 4 rings (SSSR count). The van der Waals surface area contributed by atoms with E-state index < -0.39 is 29.0 Å². The van der Waals surface area contributed by atoms with E-state index in [-0.39, 0.29) is 30.8 Å². The number of nitrogens with one attached hydrogen (secondary N) is 4. The number of fused-ring (bicyclic) bond motifs is 1. The molecule has 0 fully saturated rings. The molecule has 7 nitrogen and oxygen atoms in total. The van der Waals surface area contributed by atoms with Crippen LogP contribution in [-0.4, -0.2) is 43.2 Å². The molecule has 0 saturated carbocycles. The van der Waals surface area contributed by atoms with Crippen LogP contribution in [0.25, 0.3) is 0 Å². The fourth-order valence-electron chi connectivity index (χ4n) is 4.27. The van der Waals surface area contributed by atoms with Crippen molar-refractivity contribution in [2.45, 2.75) is 12.0 Å². The lowest BCUT2D eigenvalue weighted by Gasteiger charge is -2.31. The zero-order chi connectivity index (χ0) is 26.6. The Labute approximate surface area is 222 Å². The lowest BCUT2D eigenvalue weighted by Crippen LogP contribution is -2.45. The van der Waals surface area contributed by atoms with Crippen LogP contribution in [0.5, 0.6) is 0 Å². The predicted octanol–water partition coefficient (Wildman–Crippen LogP) is 4.09. The van der Waals surface area contributed by atoms with E-state index in [0.717, 1.165) is 12.1 Å². The maximum absolute atomic E-state index is 14.4. The van der Waals surface area contributed by atoms with Crippen molar-refractivity contribution < 1.29 is 23.5 Å². The highest BCUT2D eigenvalue weighted by molar-refractivity contribution is 6.31. The van der Waals surface area contributed by atoms with Crippen LogP contribution in [-0.2, 0) is 16.8 Å². The standard InChI is InChI=1S/C26H24Cl2F2N4O3/c27-16-3-1-2-15(10-16)14-26(19-5-4-17(28)11-23(19)33-25(26)37)34-22-13-21(30)20(29)12-18(22)24(36)32-7-6-31-8-9-35/h1-5,10-13,31,34-35H,6-9,14H2,(H,32,36)(H,33,37). The molecule has 2 amide bonds. The number of hydrogen-bond acceptors (Lipinski definition) is 5. The second-order valence-corrected chi connectivity index (χ2v) is 9.40. The molecule has 0 aromatic heterocycles. The minimum atomic E-state index is -1.49. The molecule has 11 heteroatoms. The summed E-state index contributed by atoms with van der Waals surface area (Å²) in [5.74, 6) is -3.52. The van der Waals surface area contributed by atoms with Crippen molar-refractivity contribution >= 4 is 46.4 Å². The first-order valence-corrected chi connectivity index (χ1v) is 12.2. The van der Waals surface area contributed by atoms with Crippen LogP contribution in [0.3, 0.4) is 0 Å². The largest absolute Gasteiger partial charge is 0.395 e. The molecule has 3 aromatic carbocycles. The van der Waals surface area contributed by atoms with Gasteiger partial charge in [-0.3, -0.25) is 9.59 Å². The SMILES string of the molecule is O=C(NCCNCCO)c1cc(F)c(F)cc1NC1(Cc2cccc(Cl)c2)C(=O)Nc2cc(Cl)ccc21. The minimum Gasteiger partial charge on any atom is -0.395 e. The topological polar surface area (TPSA) is 102 Å². The van der Waals surface area contributed by atoms with E-state index in [1.165, 1.54) is 0 Å². The molecule has 1 heterocycles. The molecule has 1 aliphatic rings. The monoisotopic (exact) mass is 548 g/mol. The third-order valence-corrected chi connectivity index (χ3v) is 6.43. The number of anilines is 2. The molecule has 1 atom stereocenters. The summed E-state index contributed by atoms with van der Waals surface area (Å²) in [4.78, 5) is 26.5. The van der Waals surface area contributed by atoms with E-state index in [2.05, 4.69) is 21.3 Å². The Bertz CT molecular complexity index is 1340. The number of carbonyl (C=O) groups excluding carboxylic acids is 2. The zero-order valence-corrected chi connectivity index (χ0v) is 21.0. The molecule has 1 aliphatic heterocycles. The van der Waals surface area contributed by atoms with E-state index in [9.17, 15) is 18.4 Å². The van der Waals surface area contributed by atoms with Crippen LogP contribution in [0.2, 0.25) is 10.0 Å². The number of aliphatic hydroxyl groups excluding tert-OH is 1. The van der Waals surface area contributed by atoms with Gasteiger partial charge in [0.2, 0.25) is 0 Å². The number of halogens is 4. The molecule has 0 spiro atoms. The lowest BCUT2D eigenvalue weighted by molar-refractivity contribution is -0.119. The van der Waals surface area contributed by atoms with Gasteiger partial charge >= 0.3 is 0 Å². The van der Waals surface area contributed by atoms with Crippen LogP contribution in [0.15, 0.2) is 54.6 Å². The summed E-state index contributed by atoms with van der Waals surface area (Å²) < 4.78 is 28.7. The highest BCUT2D eigenvalue weighted by atomic mass is 35.5. The second-order valence-electron chi connectivity index (χ2n) is 8.52. The summed E-state index contributed by atoms with van der Waals surface area (Å²) in [7, 11) is 0. The fourth-order valence-corrected chi connectivity index (χ4v) is 4.66. The summed E-state index contributed by atoms with van der Waals surface area (Å²) in [6.45, 7) is 0.813. The van der Waals surface area contributed by atoms with Crippen LogP contribution >= 0.6 is 23.2 Å². The van der Waals surface area contributed by atoms with E-state index in [0.29, 0.717) is 39.9 Å². The number of benzene rings is 3. The van der Waals surface area contributed by atoms with Crippen molar-refractivity contribution in [2.75, 3.05) is 36.9 Å².